The Morgan fingerprint density at radius 3 is 2.29 bits per heavy atom. The second kappa shape index (κ2) is 9.40. The molecule has 1 N–H and O–H groups in total. The zero-order valence-electron chi connectivity index (χ0n) is 18.9. The quantitative estimate of drug-likeness (QED) is 0.345. The fourth-order valence-electron chi connectivity index (χ4n) is 3.47. The van der Waals surface area contributed by atoms with Crippen LogP contribution in [0.3, 0.4) is 0 Å². The summed E-state index contributed by atoms with van der Waals surface area (Å²) in [6, 6.07) is 20.5. The number of nitrogens with zero attached hydrogens (tertiary/aromatic N) is 1. The van der Waals surface area contributed by atoms with Gasteiger partial charge in [0.2, 0.25) is 0 Å². The molecule has 1 aromatic heterocycles. The molecule has 0 unspecified atom stereocenters. The lowest BCUT2D eigenvalue weighted by molar-refractivity contribution is 0.102. The summed E-state index contributed by atoms with van der Waals surface area (Å²) in [6.07, 6.45) is 0. The number of hydrogen-bond donors (Lipinski definition) is 1. The molecule has 4 aromatic rings. The van der Waals surface area contributed by atoms with Gasteiger partial charge in [-0.15, -0.1) is 11.3 Å². The number of benzene rings is 3. The number of aryl methyl sites for hydroxylation is 2. The highest BCUT2D eigenvalue weighted by Crippen LogP contribution is 2.38. The van der Waals surface area contributed by atoms with Gasteiger partial charge in [-0.25, -0.2) is 12.8 Å². The van der Waals surface area contributed by atoms with Gasteiger partial charge in [-0.1, -0.05) is 54.1 Å². The number of carbonyl (C=O) groups excluding carboxylic acids is 1. The molecule has 0 bridgehead atoms. The van der Waals surface area contributed by atoms with Crippen LogP contribution < -0.4 is 9.62 Å². The molecule has 0 radical (unpaired) electrons. The Bertz CT molecular complexity index is 1450. The van der Waals surface area contributed by atoms with Gasteiger partial charge in [0.15, 0.2) is 0 Å². The van der Waals surface area contributed by atoms with Crippen molar-refractivity contribution >= 4 is 38.6 Å². The molecule has 0 aliphatic carbocycles. The second-order valence-corrected chi connectivity index (χ2v) is 10.7. The summed E-state index contributed by atoms with van der Waals surface area (Å²) in [4.78, 5) is 13.2. The highest BCUT2D eigenvalue weighted by molar-refractivity contribution is 7.93. The summed E-state index contributed by atoms with van der Waals surface area (Å²) in [7, 11) is -2.65. The first-order valence-corrected chi connectivity index (χ1v) is 12.8. The number of hydrogen-bond acceptors (Lipinski definition) is 4. The van der Waals surface area contributed by atoms with Crippen molar-refractivity contribution in [3.63, 3.8) is 0 Å². The van der Waals surface area contributed by atoms with Crippen LogP contribution in [-0.4, -0.2) is 21.4 Å². The van der Waals surface area contributed by atoms with Gasteiger partial charge in [-0.2, -0.15) is 0 Å². The zero-order chi connectivity index (χ0) is 24.5. The monoisotopic (exact) mass is 494 g/mol. The fraction of sp³-hybridized carbons (Fsp3) is 0.115. The Kier molecular flexibility index (Phi) is 6.54. The van der Waals surface area contributed by atoms with E-state index < -0.39 is 21.7 Å². The number of amides is 1. The molecule has 0 spiro atoms. The van der Waals surface area contributed by atoms with Gasteiger partial charge >= 0.3 is 0 Å². The fourth-order valence-corrected chi connectivity index (χ4v) is 6.32. The van der Waals surface area contributed by atoms with Crippen molar-refractivity contribution in [2.75, 3.05) is 16.7 Å². The van der Waals surface area contributed by atoms with Crippen LogP contribution in [0.2, 0.25) is 0 Å². The molecular weight excluding hydrogens is 471 g/mol. The van der Waals surface area contributed by atoms with E-state index in [-0.39, 0.29) is 15.5 Å². The van der Waals surface area contributed by atoms with E-state index in [0.717, 1.165) is 16.9 Å². The number of nitrogens with one attached hydrogen (secondary N) is 1. The van der Waals surface area contributed by atoms with Crippen molar-refractivity contribution < 1.29 is 17.6 Å². The van der Waals surface area contributed by atoms with E-state index in [4.69, 9.17) is 0 Å². The van der Waals surface area contributed by atoms with Crippen LogP contribution in [0.5, 0.6) is 0 Å². The highest BCUT2D eigenvalue weighted by Gasteiger charge is 2.32. The second-order valence-electron chi connectivity index (χ2n) is 7.90. The van der Waals surface area contributed by atoms with Gasteiger partial charge in [0.1, 0.15) is 15.6 Å². The number of rotatable bonds is 6. The van der Waals surface area contributed by atoms with Gasteiger partial charge in [0.05, 0.1) is 5.69 Å². The number of anilines is 2. The van der Waals surface area contributed by atoms with Gasteiger partial charge < -0.3 is 5.32 Å². The van der Waals surface area contributed by atoms with E-state index in [9.17, 15) is 17.6 Å². The molecule has 3 aromatic carbocycles. The molecule has 34 heavy (non-hydrogen) atoms. The summed E-state index contributed by atoms with van der Waals surface area (Å²) in [6.45, 7) is 3.54. The lowest BCUT2D eigenvalue weighted by Crippen LogP contribution is -2.28. The van der Waals surface area contributed by atoms with Crippen LogP contribution >= 0.6 is 11.3 Å². The Labute approximate surface area is 202 Å². The van der Waals surface area contributed by atoms with Gasteiger partial charge in [-0.05, 0) is 49.2 Å². The molecule has 0 atom stereocenters. The third-order valence-electron chi connectivity index (χ3n) is 5.48. The molecule has 5 nitrogen and oxygen atoms in total. The maximum Gasteiger partial charge on any atom is 0.267 e. The summed E-state index contributed by atoms with van der Waals surface area (Å²) < 4.78 is 42.9. The predicted octanol–water partition coefficient (Wildman–Crippen LogP) is 6.25. The molecule has 1 amide bonds. The highest BCUT2D eigenvalue weighted by atomic mass is 32.2. The topological polar surface area (TPSA) is 66.5 Å². The standard InChI is InChI=1S/C26H23FN2O3S2/c1-17-9-13-21(14-10-17)29(3)34(31,32)25-22(19-7-5-4-6-8-19)16-33-24(25)26(30)28-20-12-11-18(2)23(27)15-20/h4-16H,1-3H3,(H,28,30). The van der Waals surface area contributed by atoms with Crippen molar-refractivity contribution in [3.8, 4) is 11.1 Å². The molecule has 174 valence electrons. The number of halogens is 1. The summed E-state index contributed by atoms with van der Waals surface area (Å²) >= 11 is 1.04. The minimum absolute atomic E-state index is 0.0267. The Hall–Kier alpha value is -3.49. The molecule has 4 rings (SSSR count). The lowest BCUT2D eigenvalue weighted by Gasteiger charge is -2.21. The maximum atomic E-state index is 14.0. The van der Waals surface area contributed by atoms with Crippen LogP contribution in [0.4, 0.5) is 15.8 Å². The number of thiophene rings is 1. The van der Waals surface area contributed by atoms with Gasteiger partial charge in [0.25, 0.3) is 15.9 Å². The zero-order valence-corrected chi connectivity index (χ0v) is 20.5. The summed E-state index contributed by atoms with van der Waals surface area (Å²) in [5, 5.41) is 4.30. The van der Waals surface area contributed by atoms with E-state index in [0.29, 0.717) is 22.4 Å². The minimum atomic E-state index is -4.11. The summed E-state index contributed by atoms with van der Waals surface area (Å²) in [5.74, 6) is -1.08. The Balaban J connectivity index is 1.82. The van der Waals surface area contributed by atoms with E-state index in [1.54, 1.807) is 48.7 Å². The van der Waals surface area contributed by atoms with Crippen LogP contribution in [0.25, 0.3) is 11.1 Å². The maximum absolute atomic E-state index is 14.0. The molecule has 0 aliphatic rings. The lowest BCUT2D eigenvalue weighted by atomic mass is 10.1. The van der Waals surface area contributed by atoms with E-state index in [1.165, 1.54) is 17.4 Å². The average molecular weight is 495 g/mol. The number of carbonyl (C=O) groups is 1. The van der Waals surface area contributed by atoms with Crippen LogP contribution in [-0.2, 0) is 10.0 Å². The smallest absolute Gasteiger partial charge is 0.267 e. The van der Waals surface area contributed by atoms with E-state index in [1.807, 2.05) is 37.3 Å². The van der Waals surface area contributed by atoms with Crippen molar-refractivity contribution in [1.82, 2.24) is 0 Å². The molecule has 0 aliphatic heterocycles. The van der Waals surface area contributed by atoms with Crippen LogP contribution in [0.1, 0.15) is 20.8 Å². The van der Waals surface area contributed by atoms with Gasteiger partial charge in [0, 0.05) is 23.7 Å². The number of sulfonamides is 1. The van der Waals surface area contributed by atoms with E-state index >= 15 is 0 Å². The molecule has 0 saturated heterocycles. The minimum Gasteiger partial charge on any atom is -0.321 e. The van der Waals surface area contributed by atoms with Crippen LogP contribution in [0, 0.1) is 19.7 Å². The van der Waals surface area contributed by atoms with E-state index in [2.05, 4.69) is 5.32 Å². The molecule has 0 saturated carbocycles. The first-order chi connectivity index (χ1) is 16.2. The van der Waals surface area contributed by atoms with Crippen molar-refractivity contribution in [1.29, 1.82) is 0 Å². The summed E-state index contributed by atoms with van der Waals surface area (Å²) in [5.41, 5.74) is 3.28. The van der Waals surface area contributed by atoms with Crippen LogP contribution in [0.15, 0.2) is 83.1 Å². The third kappa shape index (κ3) is 4.60. The van der Waals surface area contributed by atoms with Crippen molar-refractivity contribution in [2.24, 2.45) is 0 Å². The normalized spacial score (nSPS) is 11.3. The molecule has 8 heteroatoms. The Morgan fingerprint density at radius 1 is 0.971 bits per heavy atom. The van der Waals surface area contributed by atoms with Crippen molar-refractivity contribution in [2.45, 2.75) is 18.7 Å². The van der Waals surface area contributed by atoms with Crippen molar-refractivity contribution in [3.05, 3.63) is 100.0 Å². The Morgan fingerprint density at radius 2 is 1.65 bits per heavy atom. The van der Waals surface area contributed by atoms with Gasteiger partial charge in [-0.3, -0.25) is 9.10 Å². The third-order valence-corrected chi connectivity index (χ3v) is 8.46. The first-order valence-electron chi connectivity index (χ1n) is 10.5. The predicted molar refractivity (Wildman–Crippen MR) is 136 cm³/mol. The molecule has 0 fully saturated rings. The SMILES string of the molecule is Cc1ccc(N(C)S(=O)(=O)c2c(-c3ccccc3)csc2C(=O)Nc2ccc(C)c(F)c2)cc1. The first kappa shape index (κ1) is 23.7. The molecule has 1 heterocycles. The average Bonchev–Trinajstić information content (AvgIpc) is 3.28. The largest absolute Gasteiger partial charge is 0.321 e. The molecular formula is C26H23FN2O3S2.